The monoisotopic (exact) mass is 688 g/mol. The molecule has 10 nitrogen and oxygen atoms in total. The molecule has 5 unspecified atom stereocenters. The molecule has 2 aromatic carbocycles. The van der Waals surface area contributed by atoms with Gasteiger partial charge in [0.1, 0.15) is 17.6 Å². The lowest BCUT2D eigenvalue weighted by atomic mass is 9.80. The number of aromatic amines is 1. The summed E-state index contributed by atoms with van der Waals surface area (Å²) < 4.78 is 72.2. The number of halogens is 3. The van der Waals surface area contributed by atoms with Crippen molar-refractivity contribution in [3.8, 4) is 28.1 Å². The minimum absolute atomic E-state index is 0.0697. The zero-order valence-electron chi connectivity index (χ0n) is 27.1. The highest BCUT2D eigenvalue weighted by atomic mass is 32.2. The standard InChI is InChI=1S/C34H39F3N4O6S/c1-18(2)29(40-33(43)46-4)32(42)41-23-11-10-22(16-23)30(41)31-38-17-27(39-31)21-8-6-20(7-9-21)24-13-14-28(47-48(44,45)34(35,36)37)26-15-19(3)5-12-25(24)26/h6-9,13-14,17-19,22-23,29-30H,5,10-12,15-16H2,1-4H3,(H,38,39)(H,40,43). The van der Waals surface area contributed by atoms with E-state index in [1.807, 2.05) is 49.9 Å². The zero-order valence-corrected chi connectivity index (χ0v) is 28.0. The second-order valence-corrected chi connectivity index (χ2v) is 15.0. The van der Waals surface area contributed by atoms with Gasteiger partial charge in [-0.15, -0.1) is 0 Å². The Kier molecular flexibility index (Phi) is 8.98. The average Bonchev–Trinajstić information content (AvgIpc) is 3.80. The highest BCUT2D eigenvalue weighted by molar-refractivity contribution is 7.88. The first-order valence-electron chi connectivity index (χ1n) is 16.2. The fourth-order valence-corrected chi connectivity index (χ4v) is 8.00. The van der Waals surface area contributed by atoms with Crippen molar-refractivity contribution in [3.05, 3.63) is 59.5 Å². The second-order valence-electron chi connectivity index (χ2n) is 13.4. The third-order valence-electron chi connectivity index (χ3n) is 9.92. The molecule has 2 heterocycles. The molecule has 1 saturated carbocycles. The van der Waals surface area contributed by atoms with Crippen LogP contribution in [0, 0.1) is 17.8 Å². The Morgan fingerprint density at radius 3 is 2.42 bits per heavy atom. The number of hydrogen-bond donors (Lipinski definition) is 2. The number of imidazole rings is 1. The molecule has 14 heteroatoms. The van der Waals surface area contributed by atoms with Gasteiger partial charge >= 0.3 is 21.7 Å². The van der Waals surface area contributed by atoms with Gasteiger partial charge in [-0.1, -0.05) is 51.1 Å². The summed E-state index contributed by atoms with van der Waals surface area (Å²) in [7, 11) is -4.53. The Bertz CT molecular complexity index is 1810. The summed E-state index contributed by atoms with van der Waals surface area (Å²) in [5.74, 6) is 0.504. The Labute approximate surface area is 277 Å². The van der Waals surface area contributed by atoms with E-state index in [4.69, 9.17) is 9.72 Å². The molecule has 2 aliphatic carbocycles. The van der Waals surface area contributed by atoms with Crippen molar-refractivity contribution in [1.29, 1.82) is 0 Å². The lowest BCUT2D eigenvalue weighted by Gasteiger charge is -2.37. The van der Waals surface area contributed by atoms with E-state index >= 15 is 0 Å². The number of nitrogens with zero attached hydrogens (tertiary/aromatic N) is 2. The first kappa shape index (κ1) is 33.8. The van der Waals surface area contributed by atoms with Gasteiger partial charge in [-0.25, -0.2) is 9.78 Å². The van der Waals surface area contributed by atoms with Crippen LogP contribution in [0.3, 0.4) is 0 Å². The van der Waals surface area contributed by atoms with Crippen LogP contribution < -0.4 is 9.50 Å². The first-order valence-corrected chi connectivity index (χ1v) is 17.6. The molecule has 3 aromatic rings. The number of alkyl halides is 3. The van der Waals surface area contributed by atoms with Crippen molar-refractivity contribution in [2.24, 2.45) is 17.8 Å². The van der Waals surface area contributed by atoms with Crippen LogP contribution in [0.1, 0.15) is 69.4 Å². The Morgan fingerprint density at radius 1 is 1.04 bits per heavy atom. The molecule has 2 bridgehead atoms. The fourth-order valence-electron chi connectivity index (χ4n) is 7.52. The molecule has 1 aromatic heterocycles. The van der Waals surface area contributed by atoms with Gasteiger partial charge in [-0.3, -0.25) is 4.79 Å². The number of hydrogen-bond acceptors (Lipinski definition) is 7. The van der Waals surface area contributed by atoms with Crippen LogP contribution in [0.5, 0.6) is 5.75 Å². The van der Waals surface area contributed by atoms with Crippen molar-refractivity contribution in [2.45, 2.75) is 82.9 Å². The van der Waals surface area contributed by atoms with Gasteiger partial charge in [0.2, 0.25) is 5.91 Å². The van der Waals surface area contributed by atoms with Crippen molar-refractivity contribution >= 4 is 22.1 Å². The molecular formula is C34H39F3N4O6S. The summed E-state index contributed by atoms with van der Waals surface area (Å²) >= 11 is 0. The van der Waals surface area contributed by atoms with Crippen LogP contribution in [-0.2, 0) is 32.5 Å². The Hall–Kier alpha value is -4.07. The van der Waals surface area contributed by atoms with Crippen molar-refractivity contribution in [2.75, 3.05) is 7.11 Å². The highest BCUT2D eigenvalue weighted by Crippen LogP contribution is 2.50. The molecule has 2 N–H and O–H groups in total. The molecule has 2 amide bonds. The number of likely N-dealkylation sites (tertiary alicyclic amines) is 1. The third-order valence-corrected chi connectivity index (χ3v) is 10.9. The molecule has 5 atom stereocenters. The molecule has 6 rings (SSSR count). The number of carbonyl (C=O) groups is 2. The Morgan fingerprint density at radius 2 is 1.75 bits per heavy atom. The highest BCUT2D eigenvalue weighted by Gasteiger charge is 2.52. The molecule has 0 spiro atoms. The fraction of sp³-hybridized carbons (Fsp3) is 0.500. The summed E-state index contributed by atoms with van der Waals surface area (Å²) in [6, 6.07) is 9.66. The molecule has 1 saturated heterocycles. The normalized spacial score (nSPS) is 22.8. The maximum Gasteiger partial charge on any atom is 0.534 e. The van der Waals surface area contributed by atoms with Gasteiger partial charge in [0.05, 0.1) is 25.0 Å². The van der Waals surface area contributed by atoms with E-state index in [2.05, 4.69) is 14.5 Å². The number of rotatable bonds is 8. The first-order chi connectivity index (χ1) is 22.7. The van der Waals surface area contributed by atoms with Gasteiger partial charge < -0.3 is 24.1 Å². The van der Waals surface area contributed by atoms with Crippen LogP contribution in [0.25, 0.3) is 22.4 Å². The lowest BCUT2D eigenvalue weighted by Crippen LogP contribution is -2.54. The molecule has 48 heavy (non-hydrogen) atoms. The third kappa shape index (κ3) is 6.26. The number of alkyl carbamates (subject to hydrolysis) is 1. The summed E-state index contributed by atoms with van der Waals surface area (Å²) in [5.41, 5.74) is -1.01. The number of methoxy groups -OCH3 is 1. The minimum Gasteiger partial charge on any atom is -0.453 e. The van der Waals surface area contributed by atoms with E-state index in [9.17, 15) is 31.2 Å². The number of ether oxygens (including phenoxy) is 1. The van der Waals surface area contributed by atoms with E-state index in [0.717, 1.165) is 53.6 Å². The summed E-state index contributed by atoms with van der Waals surface area (Å²) in [6.07, 6.45) is 5.63. The molecule has 0 radical (unpaired) electrons. The molecule has 1 aliphatic heterocycles. The number of carbonyl (C=O) groups excluding carboxylic acids is 2. The van der Waals surface area contributed by atoms with Crippen LogP contribution in [0.15, 0.2) is 42.6 Å². The number of benzene rings is 2. The van der Waals surface area contributed by atoms with Gasteiger partial charge in [-0.05, 0) is 90.2 Å². The van der Waals surface area contributed by atoms with E-state index in [-0.39, 0.29) is 41.5 Å². The Balaban J connectivity index is 1.26. The number of amides is 2. The smallest absolute Gasteiger partial charge is 0.453 e. The molecule has 3 aliphatic rings. The van der Waals surface area contributed by atoms with E-state index in [1.165, 1.54) is 13.2 Å². The zero-order chi connectivity index (χ0) is 34.5. The quantitative estimate of drug-likeness (QED) is 0.203. The number of piperidine rings is 1. The van der Waals surface area contributed by atoms with Gasteiger partial charge in [-0.2, -0.15) is 21.6 Å². The van der Waals surface area contributed by atoms with Crippen molar-refractivity contribution in [3.63, 3.8) is 0 Å². The van der Waals surface area contributed by atoms with Crippen LogP contribution in [0.4, 0.5) is 18.0 Å². The molecular weight excluding hydrogens is 649 g/mol. The minimum atomic E-state index is -5.80. The maximum atomic E-state index is 13.8. The maximum absolute atomic E-state index is 13.8. The SMILES string of the molecule is COC(=O)NC(C(=O)N1C2CCC(C2)C1c1ncc(-c2ccc(-c3ccc(OS(=O)(=O)C(F)(F)F)c4c3CCC(C)C4)cc2)[nH]1)C(C)C. The largest absolute Gasteiger partial charge is 0.534 e. The molecule has 258 valence electrons. The van der Waals surface area contributed by atoms with E-state index < -0.39 is 27.8 Å². The number of nitrogens with one attached hydrogen (secondary N) is 2. The summed E-state index contributed by atoms with van der Waals surface area (Å²) in [5, 5.41) is 2.70. The van der Waals surface area contributed by atoms with Gasteiger partial charge in [0.25, 0.3) is 0 Å². The van der Waals surface area contributed by atoms with E-state index in [0.29, 0.717) is 24.2 Å². The van der Waals surface area contributed by atoms with Crippen molar-refractivity contribution in [1.82, 2.24) is 20.2 Å². The van der Waals surface area contributed by atoms with Crippen LogP contribution in [0.2, 0.25) is 0 Å². The lowest BCUT2D eigenvalue weighted by molar-refractivity contribution is -0.139. The summed E-state index contributed by atoms with van der Waals surface area (Å²) in [4.78, 5) is 35.9. The van der Waals surface area contributed by atoms with Gasteiger partial charge in [0, 0.05) is 6.04 Å². The van der Waals surface area contributed by atoms with E-state index in [1.54, 1.807) is 12.3 Å². The second kappa shape index (κ2) is 12.8. The van der Waals surface area contributed by atoms with Crippen LogP contribution in [-0.4, -0.2) is 60.0 Å². The molecule has 2 fully saturated rings. The van der Waals surface area contributed by atoms with Crippen LogP contribution >= 0.6 is 0 Å². The predicted octanol–water partition coefficient (Wildman–Crippen LogP) is 6.53. The summed E-state index contributed by atoms with van der Waals surface area (Å²) in [6.45, 7) is 5.74. The topological polar surface area (TPSA) is 131 Å². The number of aromatic nitrogens is 2. The number of fused-ring (bicyclic) bond motifs is 3. The number of H-pyrrole nitrogens is 1. The average molecular weight is 689 g/mol. The predicted molar refractivity (Wildman–Crippen MR) is 171 cm³/mol. The van der Waals surface area contributed by atoms with Crippen molar-refractivity contribution < 1.29 is 40.1 Å². The van der Waals surface area contributed by atoms with Gasteiger partial charge in [0.15, 0.2) is 0 Å².